The Balaban J connectivity index is 1.81. The fourth-order valence-electron chi connectivity index (χ4n) is 1.80. The summed E-state index contributed by atoms with van der Waals surface area (Å²) in [5, 5.41) is 11.5. The number of alkyl halides is 3. The van der Waals surface area contributed by atoms with Crippen LogP contribution in [0.5, 0.6) is 0 Å². The topological polar surface area (TPSA) is 91.8 Å². The zero-order valence-corrected chi connectivity index (χ0v) is 12.9. The van der Waals surface area contributed by atoms with Crippen LogP contribution >= 0.6 is 11.8 Å². The van der Waals surface area contributed by atoms with Crippen molar-refractivity contribution < 1.29 is 18.0 Å². The summed E-state index contributed by atoms with van der Waals surface area (Å²) in [4.78, 5) is 15.4. The van der Waals surface area contributed by atoms with E-state index in [0.29, 0.717) is 12.8 Å². The van der Waals surface area contributed by atoms with E-state index < -0.39 is 29.4 Å². The minimum atomic E-state index is -4.48. The van der Waals surface area contributed by atoms with Gasteiger partial charge in [0.2, 0.25) is 5.91 Å². The zero-order chi connectivity index (χ0) is 17.1. The number of rotatable bonds is 6. The zero-order valence-electron chi connectivity index (χ0n) is 12.1. The molecule has 1 unspecified atom stereocenters. The quantitative estimate of drug-likeness (QED) is 0.821. The van der Waals surface area contributed by atoms with E-state index >= 15 is 0 Å². The lowest BCUT2D eigenvalue weighted by Gasteiger charge is -2.14. The van der Waals surface area contributed by atoms with Gasteiger partial charge in [0, 0.05) is 11.5 Å². The number of aromatic nitrogens is 1. The van der Waals surface area contributed by atoms with Crippen molar-refractivity contribution in [2.75, 3.05) is 5.75 Å². The van der Waals surface area contributed by atoms with Crippen LogP contribution in [0.15, 0.2) is 18.2 Å². The van der Waals surface area contributed by atoms with Crippen LogP contribution in [0, 0.1) is 11.3 Å². The van der Waals surface area contributed by atoms with Crippen LogP contribution in [0.2, 0.25) is 0 Å². The molecular formula is C14H15F3N4OS. The first kappa shape index (κ1) is 17.6. The Bertz CT molecular complexity index is 625. The summed E-state index contributed by atoms with van der Waals surface area (Å²) in [6.45, 7) is 0. The molecule has 0 spiro atoms. The highest BCUT2D eigenvalue weighted by molar-refractivity contribution is 7.98. The Morgan fingerprint density at radius 3 is 2.78 bits per heavy atom. The van der Waals surface area contributed by atoms with Gasteiger partial charge in [-0.25, -0.2) is 4.98 Å². The smallest absolute Gasteiger partial charge is 0.336 e. The number of carbonyl (C=O) groups excluding carboxylic acids is 1. The summed E-state index contributed by atoms with van der Waals surface area (Å²) >= 11 is 1.22. The van der Waals surface area contributed by atoms with Crippen LogP contribution in [0.3, 0.4) is 0 Å². The number of hydrogen-bond donors (Lipinski definition) is 2. The van der Waals surface area contributed by atoms with Crippen LogP contribution in [0.1, 0.15) is 24.2 Å². The average Bonchev–Trinajstić information content (AvgIpc) is 3.26. The highest BCUT2D eigenvalue weighted by Crippen LogP contribution is 2.34. The van der Waals surface area contributed by atoms with E-state index in [1.54, 1.807) is 0 Å². The Kier molecular flexibility index (Phi) is 5.16. The van der Waals surface area contributed by atoms with Gasteiger partial charge in [-0.1, -0.05) is 6.07 Å². The van der Waals surface area contributed by atoms with Crippen molar-refractivity contribution in [1.29, 1.82) is 5.26 Å². The summed E-state index contributed by atoms with van der Waals surface area (Å²) in [7, 11) is 0. The van der Waals surface area contributed by atoms with Crippen molar-refractivity contribution in [3.05, 3.63) is 29.6 Å². The first-order valence-electron chi connectivity index (χ1n) is 6.85. The molecule has 0 bridgehead atoms. The van der Waals surface area contributed by atoms with Crippen LogP contribution in [0.25, 0.3) is 0 Å². The molecule has 23 heavy (non-hydrogen) atoms. The van der Waals surface area contributed by atoms with Gasteiger partial charge in [-0.15, -0.1) is 0 Å². The second kappa shape index (κ2) is 6.76. The molecule has 9 heteroatoms. The van der Waals surface area contributed by atoms with Crippen molar-refractivity contribution in [3.8, 4) is 6.07 Å². The predicted molar refractivity (Wildman–Crippen MR) is 79.1 cm³/mol. The fraction of sp³-hybridized carbons (Fsp3) is 0.500. The Hall–Kier alpha value is -1.79. The first-order valence-corrected chi connectivity index (χ1v) is 8.01. The normalized spacial score (nSPS) is 17.2. The van der Waals surface area contributed by atoms with Crippen LogP contribution in [-0.2, 0) is 16.7 Å². The molecule has 0 aliphatic heterocycles. The van der Waals surface area contributed by atoms with Crippen LogP contribution in [-0.4, -0.2) is 28.2 Å². The van der Waals surface area contributed by atoms with Gasteiger partial charge in [-0.05, 0) is 25.0 Å². The molecule has 0 radical (unpaired) electrons. The van der Waals surface area contributed by atoms with Gasteiger partial charge < -0.3 is 11.1 Å². The maximum atomic E-state index is 12.6. The summed E-state index contributed by atoms with van der Waals surface area (Å²) in [6, 6.07) is 4.90. The molecule has 5 nitrogen and oxygen atoms in total. The second-order valence-electron chi connectivity index (χ2n) is 5.32. The van der Waals surface area contributed by atoms with Crippen molar-refractivity contribution in [1.82, 2.24) is 10.3 Å². The molecule has 2 rings (SSSR count). The number of carbonyl (C=O) groups is 1. The molecule has 1 aromatic rings. The van der Waals surface area contributed by atoms with Gasteiger partial charge >= 0.3 is 6.18 Å². The highest BCUT2D eigenvalue weighted by atomic mass is 32.2. The molecule has 1 aromatic heterocycles. The first-order chi connectivity index (χ1) is 10.8. The van der Waals surface area contributed by atoms with Crippen molar-refractivity contribution in [3.63, 3.8) is 0 Å². The third-order valence-electron chi connectivity index (χ3n) is 3.31. The summed E-state index contributed by atoms with van der Waals surface area (Å²) in [6.07, 6.45) is -3.25. The Labute approximate surface area is 135 Å². The SMILES string of the molecule is N#CC1(NC(=O)C(N)CSCc2cccc(C(F)(F)F)n2)CC1. The molecule has 1 aliphatic carbocycles. The lowest BCUT2D eigenvalue weighted by Crippen LogP contribution is -2.47. The number of amides is 1. The third-order valence-corrected chi connectivity index (χ3v) is 4.40. The molecule has 3 N–H and O–H groups in total. The third kappa shape index (κ3) is 4.84. The minimum Gasteiger partial charge on any atom is -0.336 e. The van der Waals surface area contributed by atoms with Crippen LogP contribution in [0.4, 0.5) is 13.2 Å². The molecule has 1 heterocycles. The van der Waals surface area contributed by atoms with E-state index in [2.05, 4.69) is 10.3 Å². The lowest BCUT2D eigenvalue weighted by atomic mass is 10.2. The van der Waals surface area contributed by atoms with E-state index in [0.717, 1.165) is 6.07 Å². The van der Waals surface area contributed by atoms with Gasteiger partial charge in [0.15, 0.2) is 0 Å². The molecule has 0 saturated heterocycles. The van der Waals surface area contributed by atoms with E-state index in [-0.39, 0.29) is 17.2 Å². The summed E-state index contributed by atoms with van der Waals surface area (Å²) in [5.74, 6) is 0.0214. The number of hydrogen-bond acceptors (Lipinski definition) is 5. The van der Waals surface area contributed by atoms with Crippen LogP contribution < -0.4 is 11.1 Å². The van der Waals surface area contributed by atoms with Gasteiger partial charge in [0.1, 0.15) is 11.2 Å². The fourth-order valence-corrected chi connectivity index (χ4v) is 2.70. The van der Waals surface area contributed by atoms with E-state index in [9.17, 15) is 18.0 Å². The number of pyridine rings is 1. The van der Waals surface area contributed by atoms with Gasteiger partial charge in [0.05, 0.1) is 17.8 Å². The molecular weight excluding hydrogens is 329 g/mol. The van der Waals surface area contributed by atoms with E-state index in [1.165, 1.54) is 23.9 Å². The Morgan fingerprint density at radius 2 is 2.22 bits per heavy atom. The largest absolute Gasteiger partial charge is 0.433 e. The number of nitrogens with zero attached hydrogens (tertiary/aromatic N) is 2. The number of nitrogens with one attached hydrogen (secondary N) is 1. The maximum absolute atomic E-state index is 12.6. The minimum absolute atomic E-state index is 0.217. The second-order valence-corrected chi connectivity index (χ2v) is 6.35. The maximum Gasteiger partial charge on any atom is 0.433 e. The number of nitrogens with two attached hydrogens (primary N) is 1. The monoisotopic (exact) mass is 344 g/mol. The van der Waals surface area contributed by atoms with Crippen molar-refractivity contribution in [2.24, 2.45) is 5.73 Å². The molecule has 1 amide bonds. The van der Waals surface area contributed by atoms with Crippen molar-refractivity contribution >= 4 is 17.7 Å². The number of halogens is 3. The lowest BCUT2D eigenvalue weighted by molar-refractivity contribution is -0.141. The summed E-state index contributed by atoms with van der Waals surface area (Å²) in [5.41, 5.74) is 4.28. The molecule has 1 saturated carbocycles. The van der Waals surface area contributed by atoms with Gasteiger partial charge in [-0.2, -0.15) is 30.2 Å². The standard InChI is InChI=1S/C14H15F3N4OS/c15-14(16,17)11-3-1-2-9(20-11)6-23-7-10(19)12(22)21-13(8-18)4-5-13/h1-3,10H,4-7,19H2,(H,21,22). The summed E-state index contributed by atoms with van der Waals surface area (Å²) < 4.78 is 37.7. The predicted octanol–water partition coefficient (Wildman–Crippen LogP) is 1.83. The molecule has 1 aliphatic rings. The highest BCUT2D eigenvalue weighted by Gasteiger charge is 2.45. The number of thioether (sulfide) groups is 1. The van der Waals surface area contributed by atoms with E-state index in [4.69, 9.17) is 11.0 Å². The van der Waals surface area contributed by atoms with Gasteiger partial charge in [-0.3, -0.25) is 4.79 Å². The van der Waals surface area contributed by atoms with Crippen molar-refractivity contribution in [2.45, 2.75) is 36.4 Å². The molecule has 1 atom stereocenters. The molecule has 124 valence electrons. The Morgan fingerprint density at radius 1 is 1.52 bits per heavy atom. The molecule has 0 aromatic carbocycles. The van der Waals surface area contributed by atoms with E-state index in [1.807, 2.05) is 6.07 Å². The van der Waals surface area contributed by atoms with Gasteiger partial charge in [0.25, 0.3) is 0 Å². The number of nitriles is 1. The average molecular weight is 344 g/mol. The molecule has 1 fully saturated rings.